The number of amides is 1. The number of ether oxygens (including phenoxy) is 3. The zero-order valence-electron chi connectivity index (χ0n) is 20.7. The summed E-state index contributed by atoms with van der Waals surface area (Å²) in [7, 11) is 1.65. The highest BCUT2D eigenvalue weighted by Crippen LogP contribution is 2.37. The third-order valence-electron chi connectivity index (χ3n) is 7.62. The lowest BCUT2D eigenvalue weighted by Gasteiger charge is -2.44. The van der Waals surface area contributed by atoms with Crippen LogP contribution in [-0.4, -0.2) is 101 Å². The van der Waals surface area contributed by atoms with E-state index >= 15 is 0 Å². The van der Waals surface area contributed by atoms with Gasteiger partial charge in [-0.1, -0.05) is 12.1 Å². The molecular weight excluding hydrogens is 508 g/mol. The molecule has 3 saturated heterocycles. The Morgan fingerprint density at radius 3 is 2.58 bits per heavy atom. The van der Waals surface area contributed by atoms with Crippen molar-refractivity contribution in [3.63, 3.8) is 0 Å². The molecule has 0 aliphatic carbocycles. The van der Waals surface area contributed by atoms with Crippen LogP contribution < -0.4 is 15.4 Å². The van der Waals surface area contributed by atoms with Crippen LogP contribution in [0, 0.1) is 5.92 Å². The first kappa shape index (κ1) is 27.9. The maximum absolute atomic E-state index is 13.4. The zero-order valence-corrected chi connectivity index (χ0v) is 22.3. The summed E-state index contributed by atoms with van der Waals surface area (Å²) in [6.07, 6.45) is -1.84. The molecule has 0 radical (unpaired) electrons. The number of carbonyl (C=O) groups excluding carboxylic acids is 1. The monoisotopic (exact) mass is 544 g/mol. The Morgan fingerprint density at radius 2 is 1.94 bits per heavy atom. The van der Waals surface area contributed by atoms with Crippen molar-refractivity contribution < 1.29 is 34.3 Å². The smallest absolute Gasteiger partial charge is 0.240 e. The molecule has 9 nitrogen and oxygen atoms in total. The minimum Gasteiger partial charge on any atom is -0.497 e. The van der Waals surface area contributed by atoms with Crippen molar-refractivity contribution in [3.05, 3.63) is 29.8 Å². The van der Waals surface area contributed by atoms with Crippen LogP contribution in [0.5, 0.6) is 5.75 Å². The minimum atomic E-state index is -1.41. The van der Waals surface area contributed by atoms with Crippen molar-refractivity contribution >= 4 is 29.3 Å². The third kappa shape index (κ3) is 5.81. The Hall–Kier alpha value is -1.11. The number of hydrogen-bond donors (Lipinski definition) is 5. The standard InChI is InChI=1S/C25H37ClN2O7S/c1-12(26)17(23-20(30)19(29)21(31)25(35-23)36-3)28-24(32)18-22-15(11-27-18)10-14(8-9-34-22)13-4-6-16(33-2)7-5-13/h4-7,12,14-15,17-23,25,27,29-31H,8-11H2,1-3H3,(H,28,32)/t12-,14+,15-,17+,18-,19+,20?,21+,22+,23+,25?/m0/s1. The molecule has 2 unspecified atom stereocenters. The van der Waals surface area contributed by atoms with E-state index in [0.29, 0.717) is 19.1 Å². The molecule has 1 amide bonds. The lowest BCUT2D eigenvalue weighted by atomic mass is 9.85. The van der Waals surface area contributed by atoms with Gasteiger partial charge in [0, 0.05) is 19.1 Å². The van der Waals surface area contributed by atoms with E-state index in [0.717, 1.165) is 18.6 Å². The number of alkyl halides is 1. The zero-order chi connectivity index (χ0) is 26.0. The molecule has 0 aromatic heterocycles. The molecule has 202 valence electrons. The van der Waals surface area contributed by atoms with Gasteiger partial charge in [0.2, 0.25) is 5.91 Å². The van der Waals surface area contributed by atoms with E-state index in [1.54, 1.807) is 20.3 Å². The van der Waals surface area contributed by atoms with Gasteiger partial charge >= 0.3 is 0 Å². The Kier molecular flexibility index (Phi) is 9.43. The van der Waals surface area contributed by atoms with Crippen LogP contribution in [0.4, 0.5) is 0 Å². The van der Waals surface area contributed by atoms with Crippen LogP contribution in [-0.2, 0) is 14.3 Å². The topological polar surface area (TPSA) is 130 Å². The molecule has 4 rings (SSSR count). The van der Waals surface area contributed by atoms with E-state index in [1.165, 1.54) is 17.3 Å². The molecule has 5 N–H and O–H groups in total. The van der Waals surface area contributed by atoms with Crippen molar-refractivity contribution in [2.75, 3.05) is 26.5 Å². The molecule has 11 heteroatoms. The molecule has 0 bridgehead atoms. The molecule has 1 aromatic rings. The predicted octanol–water partition coefficient (Wildman–Crippen LogP) is 0.829. The van der Waals surface area contributed by atoms with E-state index in [4.69, 9.17) is 25.8 Å². The van der Waals surface area contributed by atoms with E-state index in [-0.39, 0.29) is 17.9 Å². The van der Waals surface area contributed by atoms with Crippen LogP contribution in [0.2, 0.25) is 0 Å². The van der Waals surface area contributed by atoms with Crippen molar-refractivity contribution in [3.8, 4) is 5.75 Å². The third-order valence-corrected chi connectivity index (χ3v) is 8.75. The predicted molar refractivity (Wildman–Crippen MR) is 137 cm³/mol. The van der Waals surface area contributed by atoms with Gasteiger partial charge in [-0.25, -0.2) is 0 Å². The minimum absolute atomic E-state index is 0.164. The van der Waals surface area contributed by atoms with Gasteiger partial charge in [-0.05, 0) is 49.6 Å². The van der Waals surface area contributed by atoms with Gasteiger partial charge in [0.15, 0.2) is 0 Å². The number of fused-ring (bicyclic) bond motifs is 1. The second-order valence-corrected chi connectivity index (χ2v) is 11.5. The first-order valence-corrected chi connectivity index (χ1v) is 14.1. The largest absolute Gasteiger partial charge is 0.497 e. The number of nitrogens with one attached hydrogen (secondary N) is 2. The molecule has 11 atom stereocenters. The quantitative estimate of drug-likeness (QED) is 0.317. The van der Waals surface area contributed by atoms with Crippen LogP contribution in [0.25, 0.3) is 0 Å². The van der Waals surface area contributed by atoms with Crippen molar-refractivity contribution in [1.29, 1.82) is 0 Å². The summed E-state index contributed by atoms with van der Waals surface area (Å²) in [6.45, 7) is 2.89. The SMILES string of the molecule is COc1ccc([C@@H]2CCO[C@@H]3[C@H](CN[C@@H]3C(=O)N[C@H]([C@H](C)Cl)[C@H]3OC(SC)[C@H](O)[C@H](O)C3O)C2)cc1. The average Bonchev–Trinajstić information content (AvgIpc) is 3.16. The molecule has 3 heterocycles. The highest BCUT2D eigenvalue weighted by Gasteiger charge is 2.49. The van der Waals surface area contributed by atoms with E-state index < -0.39 is 47.3 Å². The second-order valence-electron chi connectivity index (χ2n) is 9.86. The molecule has 36 heavy (non-hydrogen) atoms. The second kappa shape index (κ2) is 12.2. The fraction of sp³-hybridized carbons (Fsp3) is 0.720. The van der Waals surface area contributed by atoms with Crippen LogP contribution in [0.3, 0.4) is 0 Å². The number of aliphatic hydroxyl groups is 3. The van der Waals surface area contributed by atoms with Gasteiger partial charge in [0.1, 0.15) is 41.6 Å². The van der Waals surface area contributed by atoms with Gasteiger partial charge in [-0.15, -0.1) is 23.4 Å². The highest BCUT2D eigenvalue weighted by molar-refractivity contribution is 7.99. The summed E-state index contributed by atoms with van der Waals surface area (Å²) >= 11 is 7.64. The summed E-state index contributed by atoms with van der Waals surface area (Å²) in [6, 6.07) is 6.75. The summed E-state index contributed by atoms with van der Waals surface area (Å²) in [5, 5.41) is 36.8. The Morgan fingerprint density at radius 1 is 1.22 bits per heavy atom. The van der Waals surface area contributed by atoms with Crippen LogP contribution >= 0.6 is 23.4 Å². The first-order chi connectivity index (χ1) is 17.2. The summed E-state index contributed by atoms with van der Waals surface area (Å²) in [4.78, 5) is 13.4. The normalized spacial score (nSPS) is 38.5. The lowest BCUT2D eigenvalue weighted by molar-refractivity contribution is -0.205. The van der Waals surface area contributed by atoms with E-state index in [2.05, 4.69) is 22.8 Å². The number of halogens is 1. The Labute approximate surface area is 221 Å². The molecule has 3 aliphatic rings. The maximum Gasteiger partial charge on any atom is 0.240 e. The van der Waals surface area contributed by atoms with E-state index in [9.17, 15) is 20.1 Å². The molecule has 3 aliphatic heterocycles. The number of hydrogen-bond acceptors (Lipinski definition) is 9. The molecule has 1 aromatic carbocycles. The van der Waals surface area contributed by atoms with Crippen LogP contribution in [0.1, 0.15) is 31.2 Å². The highest BCUT2D eigenvalue weighted by atomic mass is 35.5. The maximum atomic E-state index is 13.4. The summed E-state index contributed by atoms with van der Waals surface area (Å²) in [5.74, 6) is 1.02. The van der Waals surface area contributed by atoms with Crippen molar-refractivity contribution in [2.24, 2.45) is 5.92 Å². The van der Waals surface area contributed by atoms with Gasteiger partial charge in [-0.2, -0.15) is 0 Å². The number of methoxy groups -OCH3 is 1. The molecule has 0 spiro atoms. The molecule has 3 fully saturated rings. The fourth-order valence-corrected chi connectivity index (χ4v) is 6.45. The summed E-state index contributed by atoms with van der Waals surface area (Å²) < 4.78 is 17.3. The molecule has 0 saturated carbocycles. The first-order valence-electron chi connectivity index (χ1n) is 12.4. The van der Waals surface area contributed by atoms with Crippen molar-refractivity contribution in [1.82, 2.24) is 10.6 Å². The van der Waals surface area contributed by atoms with Crippen molar-refractivity contribution in [2.45, 2.75) is 79.1 Å². The Bertz CT molecular complexity index is 876. The number of carbonyl (C=O) groups is 1. The van der Waals surface area contributed by atoms with Gasteiger partial charge < -0.3 is 40.2 Å². The number of benzene rings is 1. The lowest BCUT2D eigenvalue weighted by Crippen LogP contribution is -2.65. The number of rotatable bonds is 7. The van der Waals surface area contributed by atoms with Gasteiger partial charge in [0.25, 0.3) is 0 Å². The fourth-order valence-electron chi connectivity index (χ4n) is 5.56. The van der Waals surface area contributed by atoms with Crippen LogP contribution in [0.15, 0.2) is 24.3 Å². The number of aliphatic hydroxyl groups excluding tert-OH is 3. The average molecular weight is 545 g/mol. The number of thioether (sulfide) groups is 1. The van der Waals surface area contributed by atoms with E-state index in [1.807, 2.05) is 12.1 Å². The Balaban J connectivity index is 1.43. The molecular formula is C25H37ClN2O7S. The van der Waals surface area contributed by atoms with Gasteiger partial charge in [-0.3, -0.25) is 4.79 Å². The summed E-state index contributed by atoms with van der Waals surface area (Å²) in [5.41, 5.74) is 0.480. The van der Waals surface area contributed by atoms with Gasteiger partial charge in [0.05, 0.1) is 24.6 Å².